The average Bonchev–Trinajstić information content (AvgIpc) is 2.44. The van der Waals surface area contributed by atoms with E-state index in [2.05, 4.69) is 5.43 Å². The number of unbranched alkanes of at least 4 members (excludes halogenated alkanes) is 1. The summed E-state index contributed by atoms with van der Waals surface area (Å²) < 4.78 is 0. The number of hydrogen-bond donors (Lipinski definition) is 5. The number of nitrogens with one attached hydrogen (secondary N) is 1. The van der Waals surface area contributed by atoms with Crippen molar-refractivity contribution in [2.45, 2.75) is 63.3 Å². The van der Waals surface area contributed by atoms with Crippen LogP contribution in [0.15, 0.2) is 0 Å². The van der Waals surface area contributed by atoms with Crippen molar-refractivity contribution in [3.05, 3.63) is 0 Å². The molecule has 0 bridgehead atoms. The predicted molar refractivity (Wildman–Crippen MR) is 81.6 cm³/mol. The second-order valence-corrected chi connectivity index (χ2v) is 5.94. The number of piperidine rings is 1. The number of amides is 1. The molecule has 1 amide bonds. The Bertz CT molecular complexity index is 394. The number of carboxylic acids is 1. The first-order chi connectivity index (χ1) is 10.3. The van der Waals surface area contributed by atoms with Crippen molar-refractivity contribution in [1.82, 2.24) is 10.4 Å². The normalized spacial score (nSPS) is 23.8. The van der Waals surface area contributed by atoms with Gasteiger partial charge in [-0.3, -0.25) is 15.0 Å². The smallest absolute Gasteiger partial charge is 0.451 e. The third kappa shape index (κ3) is 4.94. The van der Waals surface area contributed by atoms with Crippen LogP contribution in [0.1, 0.15) is 45.4 Å². The van der Waals surface area contributed by atoms with Crippen LogP contribution in [0, 0.1) is 0 Å². The number of carbonyl (C=O) groups is 2. The molecule has 126 valence electrons. The van der Waals surface area contributed by atoms with Crippen LogP contribution in [0.4, 0.5) is 0 Å². The lowest BCUT2D eigenvalue weighted by Gasteiger charge is -2.44. The number of nitrogens with zero attached hydrogens (tertiary/aromatic N) is 1. The van der Waals surface area contributed by atoms with Crippen LogP contribution in [0.25, 0.3) is 0 Å². The molecule has 0 spiro atoms. The topological polar surface area (TPSA) is 136 Å². The number of rotatable bonds is 8. The van der Waals surface area contributed by atoms with Gasteiger partial charge < -0.3 is 20.9 Å². The summed E-state index contributed by atoms with van der Waals surface area (Å²) >= 11 is 0. The highest BCUT2D eigenvalue weighted by atomic mass is 16.4. The summed E-state index contributed by atoms with van der Waals surface area (Å²) in [5.74, 6) is -1.37. The van der Waals surface area contributed by atoms with Gasteiger partial charge in [0.1, 0.15) is 5.54 Å². The van der Waals surface area contributed by atoms with Gasteiger partial charge in [-0.25, -0.2) is 5.01 Å². The Morgan fingerprint density at radius 1 is 1.36 bits per heavy atom. The highest BCUT2D eigenvalue weighted by Gasteiger charge is 2.46. The maximum absolute atomic E-state index is 11.8. The van der Waals surface area contributed by atoms with Gasteiger partial charge in [-0.15, -0.1) is 0 Å². The molecule has 9 heteroatoms. The second-order valence-electron chi connectivity index (χ2n) is 5.94. The van der Waals surface area contributed by atoms with Gasteiger partial charge in [-0.05, 0) is 38.9 Å². The Balaban J connectivity index is 2.76. The Kier molecular flexibility index (Phi) is 7.27. The SMILES string of the molecule is C[C@H](N)C(=O)NN1CCCCC1(CCCCB(O)O)C(=O)O. The van der Waals surface area contributed by atoms with Gasteiger partial charge >= 0.3 is 13.1 Å². The molecule has 22 heavy (non-hydrogen) atoms. The Hall–Kier alpha value is -1.16. The van der Waals surface area contributed by atoms with Crippen LogP contribution in [0.2, 0.25) is 6.32 Å². The zero-order chi connectivity index (χ0) is 16.8. The van der Waals surface area contributed by atoms with Crippen LogP contribution in [-0.2, 0) is 9.59 Å². The summed E-state index contributed by atoms with van der Waals surface area (Å²) in [4.78, 5) is 23.6. The first-order valence-corrected chi connectivity index (χ1v) is 7.73. The van der Waals surface area contributed by atoms with Crippen LogP contribution >= 0.6 is 0 Å². The van der Waals surface area contributed by atoms with Crippen LogP contribution in [0.3, 0.4) is 0 Å². The second kappa shape index (κ2) is 8.47. The molecule has 0 saturated carbocycles. The van der Waals surface area contributed by atoms with E-state index in [0.29, 0.717) is 32.2 Å². The number of nitrogens with two attached hydrogens (primary N) is 1. The zero-order valence-electron chi connectivity index (χ0n) is 13.0. The number of carbonyl (C=O) groups excluding carboxylic acids is 1. The van der Waals surface area contributed by atoms with Gasteiger partial charge in [0.2, 0.25) is 0 Å². The molecule has 6 N–H and O–H groups in total. The minimum Gasteiger partial charge on any atom is -0.480 e. The fraction of sp³-hybridized carbons (Fsp3) is 0.846. The molecule has 0 aromatic rings. The van der Waals surface area contributed by atoms with Gasteiger partial charge in [-0.2, -0.15) is 0 Å². The van der Waals surface area contributed by atoms with E-state index in [1.165, 1.54) is 5.01 Å². The number of hydrogen-bond acceptors (Lipinski definition) is 6. The maximum atomic E-state index is 11.8. The lowest BCUT2D eigenvalue weighted by Crippen LogP contribution is -2.64. The Morgan fingerprint density at radius 2 is 2.05 bits per heavy atom. The van der Waals surface area contributed by atoms with E-state index in [-0.39, 0.29) is 6.32 Å². The molecule has 1 unspecified atom stereocenters. The zero-order valence-corrected chi connectivity index (χ0v) is 13.0. The third-order valence-corrected chi connectivity index (χ3v) is 4.10. The summed E-state index contributed by atoms with van der Waals surface area (Å²) in [5, 5.41) is 28.9. The van der Waals surface area contributed by atoms with Crippen LogP contribution < -0.4 is 11.2 Å². The summed E-state index contributed by atoms with van der Waals surface area (Å²) in [5.41, 5.74) is 7.01. The minimum atomic E-state index is -1.37. The summed E-state index contributed by atoms with van der Waals surface area (Å²) in [7, 11) is -1.37. The van der Waals surface area contributed by atoms with E-state index in [4.69, 9.17) is 15.8 Å². The van der Waals surface area contributed by atoms with Crippen molar-refractivity contribution in [2.24, 2.45) is 5.73 Å². The lowest BCUT2D eigenvalue weighted by atomic mass is 9.79. The number of aliphatic carboxylic acids is 1. The molecule has 0 aromatic heterocycles. The molecule has 1 aliphatic rings. The molecule has 8 nitrogen and oxygen atoms in total. The van der Waals surface area contributed by atoms with Crippen molar-refractivity contribution >= 4 is 19.0 Å². The highest BCUT2D eigenvalue weighted by molar-refractivity contribution is 6.40. The van der Waals surface area contributed by atoms with Crippen molar-refractivity contribution < 1.29 is 24.7 Å². The molecule has 1 fully saturated rings. The summed E-state index contributed by atoms with van der Waals surface area (Å²) in [6.45, 7) is 2.01. The first kappa shape index (κ1) is 18.9. The van der Waals surface area contributed by atoms with Crippen molar-refractivity contribution in [3.8, 4) is 0 Å². The monoisotopic (exact) mass is 315 g/mol. The minimum absolute atomic E-state index is 0.210. The molecule has 0 aliphatic carbocycles. The lowest BCUT2D eigenvalue weighted by molar-refractivity contribution is -0.161. The average molecular weight is 315 g/mol. The van der Waals surface area contributed by atoms with Gasteiger partial charge in [0.05, 0.1) is 6.04 Å². The molecule has 2 atom stereocenters. The largest absolute Gasteiger partial charge is 0.480 e. The molecule has 0 aromatic carbocycles. The van der Waals surface area contributed by atoms with Crippen LogP contribution in [-0.4, -0.2) is 57.3 Å². The summed E-state index contributed by atoms with van der Waals surface area (Å²) in [6, 6.07) is -0.710. The molecular weight excluding hydrogens is 289 g/mol. The van der Waals surface area contributed by atoms with E-state index in [1.807, 2.05) is 0 Å². The standard InChI is InChI=1S/C13H26BN3O5/c1-10(15)11(18)16-17-9-5-3-7-13(17,12(19)20)6-2-4-8-14(21)22/h10,21-22H,2-9,15H2,1H3,(H,16,18)(H,19,20)/t10-,13?/m0/s1. The first-order valence-electron chi connectivity index (χ1n) is 7.73. The van der Waals surface area contributed by atoms with Crippen molar-refractivity contribution in [3.63, 3.8) is 0 Å². The van der Waals surface area contributed by atoms with E-state index in [0.717, 1.165) is 12.8 Å². The molecule has 1 aliphatic heterocycles. The number of hydrazine groups is 1. The van der Waals surface area contributed by atoms with Gasteiger partial charge in [-0.1, -0.05) is 12.8 Å². The number of carboxylic acid groups (broad SMARTS) is 1. The van der Waals surface area contributed by atoms with Crippen molar-refractivity contribution in [1.29, 1.82) is 0 Å². The quantitative estimate of drug-likeness (QED) is 0.295. The highest BCUT2D eigenvalue weighted by Crippen LogP contribution is 2.32. The van der Waals surface area contributed by atoms with Gasteiger partial charge in [0.25, 0.3) is 5.91 Å². The molecule has 1 saturated heterocycles. The molecule has 1 heterocycles. The maximum Gasteiger partial charge on any atom is 0.451 e. The fourth-order valence-electron chi connectivity index (χ4n) is 2.77. The van der Waals surface area contributed by atoms with Crippen LogP contribution in [0.5, 0.6) is 0 Å². The van der Waals surface area contributed by atoms with Crippen molar-refractivity contribution in [2.75, 3.05) is 6.54 Å². The van der Waals surface area contributed by atoms with Gasteiger partial charge in [0.15, 0.2) is 0 Å². The molecular formula is C13H26BN3O5. The molecule has 1 rings (SSSR count). The van der Waals surface area contributed by atoms with E-state index < -0.39 is 30.6 Å². The Labute approximate surface area is 130 Å². The third-order valence-electron chi connectivity index (χ3n) is 4.10. The fourth-order valence-corrected chi connectivity index (χ4v) is 2.77. The molecule has 0 radical (unpaired) electrons. The summed E-state index contributed by atoms with van der Waals surface area (Å²) in [6.07, 6.45) is 3.64. The van der Waals surface area contributed by atoms with E-state index >= 15 is 0 Å². The van der Waals surface area contributed by atoms with E-state index in [1.54, 1.807) is 6.92 Å². The van der Waals surface area contributed by atoms with E-state index in [9.17, 15) is 14.7 Å². The Morgan fingerprint density at radius 3 is 2.59 bits per heavy atom. The van der Waals surface area contributed by atoms with Gasteiger partial charge in [0, 0.05) is 6.54 Å². The predicted octanol–water partition coefficient (Wildman–Crippen LogP) is -0.683.